The van der Waals surface area contributed by atoms with Crippen molar-refractivity contribution in [2.45, 2.75) is 19.1 Å². The van der Waals surface area contributed by atoms with Gasteiger partial charge in [-0.1, -0.05) is 11.6 Å². The number of aromatic nitrogens is 1. The van der Waals surface area contributed by atoms with Crippen molar-refractivity contribution in [2.75, 3.05) is 6.54 Å². The maximum absolute atomic E-state index is 10.6. The van der Waals surface area contributed by atoms with Crippen molar-refractivity contribution in [1.29, 1.82) is 0 Å². The van der Waals surface area contributed by atoms with Gasteiger partial charge in [-0.25, -0.2) is 0 Å². The summed E-state index contributed by atoms with van der Waals surface area (Å²) in [6.07, 6.45) is 0.590. The van der Waals surface area contributed by atoms with Crippen molar-refractivity contribution < 1.29 is 15.0 Å². The predicted molar refractivity (Wildman–Crippen MR) is 58.9 cm³/mol. The van der Waals surface area contributed by atoms with Crippen LogP contribution in [0.2, 0.25) is 5.02 Å². The molecule has 1 aromatic rings. The van der Waals surface area contributed by atoms with Gasteiger partial charge in [0.1, 0.15) is 12.2 Å². The molecule has 6 heteroatoms. The van der Waals surface area contributed by atoms with Crippen LogP contribution in [0.25, 0.3) is 0 Å². The second-order valence-electron chi connectivity index (χ2n) is 3.35. The number of carbonyl (C=O) groups excluding carboxylic acids is 1. The highest BCUT2D eigenvalue weighted by molar-refractivity contribution is 6.31. The number of aliphatic hydroxyl groups excluding tert-OH is 2. The van der Waals surface area contributed by atoms with E-state index >= 15 is 0 Å². The topological polar surface area (TPSA) is 82.5 Å². The fourth-order valence-corrected chi connectivity index (χ4v) is 1.42. The van der Waals surface area contributed by atoms with Crippen LogP contribution in [0.1, 0.15) is 18.6 Å². The Morgan fingerprint density at radius 1 is 1.62 bits per heavy atom. The fraction of sp³-hybridized carbons (Fsp3) is 0.400. The highest BCUT2D eigenvalue weighted by Gasteiger charge is 2.20. The van der Waals surface area contributed by atoms with Gasteiger partial charge < -0.3 is 15.5 Å². The fourth-order valence-electron chi connectivity index (χ4n) is 1.19. The van der Waals surface area contributed by atoms with E-state index in [9.17, 15) is 15.0 Å². The summed E-state index contributed by atoms with van der Waals surface area (Å²) in [4.78, 5) is 14.4. The molecule has 0 saturated carbocycles. The Balaban J connectivity index is 2.66. The Morgan fingerprint density at radius 2 is 2.31 bits per heavy atom. The number of amides is 1. The SMILES string of the molecule is CC(=O)NCC(O)C(O)c1ccncc1Cl. The number of nitrogens with zero attached hydrogens (tertiary/aromatic N) is 1. The Bertz CT molecular complexity index is 373. The first-order valence-corrected chi connectivity index (χ1v) is 5.10. The molecule has 5 nitrogen and oxygen atoms in total. The lowest BCUT2D eigenvalue weighted by atomic mass is 10.1. The molecule has 0 spiro atoms. The summed E-state index contributed by atoms with van der Waals surface area (Å²) in [5.74, 6) is -0.271. The Morgan fingerprint density at radius 3 is 2.88 bits per heavy atom. The summed E-state index contributed by atoms with van der Waals surface area (Å²) in [7, 11) is 0. The highest BCUT2D eigenvalue weighted by Crippen LogP contribution is 2.23. The van der Waals surface area contributed by atoms with E-state index in [0.717, 1.165) is 0 Å². The van der Waals surface area contributed by atoms with Crippen LogP contribution in [0.4, 0.5) is 0 Å². The predicted octanol–water partition coefficient (Wildman–Crippen LogP) is 0.265. The minimum atomic E-state index is -1.15. The van der Waals surface area contributed by atoms with Crippen LogP contribution in [0.15, 0.2) is 18.5 Å². The minimum Gasteiger partial charge on any atom is -0.388 e. The third-order valence-electron chi connectivity index (χ3n) is 2.05. The van der Waals surface area contributed by atoms with Gasteiger partial charge in [0.05, 0.1) is 5.02 Å². The average molecular weight is 245 g/mol. The van der Waals surface area contributed by atoms with Gasteiger partial charge in [0.25, 0.3) is 0 Å². The summed E-state index contributed by atoms with van der Waals surface area (Å²) in [5, 5.41) is 22.1. The molecule has 1 aromatic heterocycles. The number of pyridine rings is 1. The number of hydrogen-bond donors (Lipinski definition) is 3. The van der Waals surface area contributed by atoms with E-state index in [1.807, 2.05) is 0 Å². The molecule has 0 fully saturated rings. The van der Waals surface area contributed by atoms with Gasteiger partial charge in [-0.05, 0) is 6.07 Å². The number of carbonyl (C=O) groups is 1. The third kappa shape index (κ3) is 3.44. The molecule has 0 aromatic carbocycles. The molecule has 0 aliphatic carbocycles. The largest absolute Gasteiger partial charge is 0.388 e. The zero-order chi connectivity index (χ0) is 12.1. The third-order valence-corrected chi connectivity index (χ3v) is 2.36. The van der Waals surface area contributed by atoms with Crippen molar-refractivity contribution in [1.82, 2.24) is 10.3 Å². The molecule has 0 aliphatic rings. The molecule has 0 radical (unpaired) electrons. The van der Waals surface area contributed by atoms with E-state index in [1.165, 1.54) is 25.4 Å². The van der Waals surface area contributed by atoms with Crippen LogP contribution in [-0.4, -0.2) is 33.8 Å². The second-order valence-corrected chi connectivity index (χ2v) is 3.75. The van der Waals surface area contributed by atoms with Crippen LogP contribution in [-0.2, 0) is 4.79 Å². The minimum absolute atomic E-state index is 0.0326. The Hall–Kier alpha value is -1.17. The van der Waals surface area contributed by atoms with Crippen molar-refractivity contribution in [3.05, 3.63) is 29.0 Å². The van der Waals surface area contributed by atoms with Crippen LogP contribution in [0.5, 0.6) is 0 Å². The van der Waals surface area contributed by atoms with E-state index in [2.05, 4.69) is 10.3 Å². The molecular weight excluding hydrogens is 232 g/mol. The van der Waals surface area contributed by atoms with Crippen LogP contribution in [0, 0.1) is 0 Å². The van der Waals surface area contributed by atoms with Crippen LogP contribution >= 0.6 is 11.6 Å². The molecule has 88 valence electrons. The van der Waals surface area contributed by atoms with E-state index in [1.54, 1.807) is 0 Å². The Kier molecular flexibility index (Phi) is 4.67. The first kappa shape index (κ1) is 12.9. The molecule has 2 unspecified atom stereocenters. The van der Waals surface area contributed by atoms with Gasteiger partial charge in [-0.15, -0.1) is 0 Å². The van der Waals surface area contributed by atoms with Gasteiger partial charge >= 0.3 is 0 Å². The molecule has 0 aliphatic heterocycles. The van der Waals surface area contributed by atoms with Crippen molar-refractivity contribution >= 4 is 17.5 Å². The average Bonchev–Trinajstić information content (AvgIpc) is 2.25. The molecule has 3 N–H and O–H groups in total. The van der Waals surface area contributed by atoms with Gasteiger partial charge in [0.2, 0.25) is 5.91 Å². The molecular formula is C10H13ClN2O3. The van der Waals surface area contributed by atoms with Gasteiger partial charge in [0, 0.05) is 31.4 Å². The molecule has 0 bridgehead atoms. The van der Waals surface area contributed by atoms with Crippen molar-refractivity contribution in [3.8, 4) is 0 Å². The standard InChI is InChI=1S/C10H13ClN2O3/c1-6(14)13-5-9(15)10(16)7-2-3-12-4-8(7)11/h2-4,9-10,15-16H,5H2,1H3,(H,13,14). The lowest BCUT2D eigenvalue weighted by molar-refractivity contribution is -0.119. The van der Waals surface area contributed by atoms with E-state index in [4.69, 9.17) is 11.6 Å². The maximum atomic E-state index is 10.6. The number of rotatable bonds is 4. The highest BCUT2D eigenvalue weighted by atomic mass is 35.5. The number of hydrogen-bond acceptors (Lipinski definition) is 4. The Labute approximate surface area is 98.1 Å². The second kappa shape index (κ2) is 5.79. The molecule has 1 heterocycles. The first-order chi connectivity index (χ1) is 7.52. The van der Waals surface area contributed by atoms with Crippen LogP contribution in [0.3, 0.4) is 0 Å². The summed E-state index contributed by atoms with van der Waals surface area (Å²) >= 11 is 5.80. The zero-order valence-electron chi connectivity index (χ0n) is 8.72. The summed E-state index contributed by atoms with van der Waals surface area (Å²) < 4.78 is 0. The molecule has 1 amide bonds. The van der Waals surface area contributed by atoms with E-state index in [0.29, 0.717) is 5.56 Å². The van der Waals surface area contributed by atoms with E-state index in [-0.39, 0.29) is 17.5 Å². The molecule has 2 atom stereocenters. The van der Waals surface area contributed by atoms with Crippen LogP contribution < -0.4 is 5.32 Å². The van der Waals surface area contributed by atoms with Crippen molar-refractivity contribution in [3.63, 3.8) is 0 Å². The monoisotopic (exact) mass is 244 g/mol. The van der Waals surface area contributed by atoms with Gasteiger partial charge in [-0.3, -0.25) is 9.78 Å². The lowest BCUT2D eigenvalue weighted by Crippen LogP contribution is -2.34. The van der Waals surface area contributed by atoms with E-state index < -0.39 is 12.2 Å². The summed E-state index contributed by atoms with van der Waals surface area (Å²) in [5.41, 5.74) is 0.384. The summed E-state index contributed by atoms with van der Waals surface area (Å²) in [6, 6.07) is 1.52. The first-order valence-electron chi connectivity index (χ1n) is 4.72. The summed E-state index contributed by atoms with van der Waals surface area (Å²) in [6.45, 7) is 1.30. The zero-order valence-corrected chi connectivity index (χ0v) is 9.48. The quantitative estimate of drug-likeness (QED) is 0.710. The van der Waals surface area contributed by atoms with Crippen molar-refractivity contribution in [2.24, 2.45) is 0 Å². The van der Waals surface area contributed by atoms with Gasteiger partial charge in [0.15, 0.2) is 0 Å². The molecule has 16 heavy (non-hydrogen) atoms. The maximum Gasteiger partial charge on any atom is 0.216 e. The number of nitrogens with one attached hydrogen (secondary N) is 1. The number of aliphatic hydroxyl groups is 2. The molecule has 0 saturated heterocycles. The van der Waals surface area contributed by atoms with Gasteiger partial charge in [-0.2, -0.15) is 0 Å². The lowest BCUT2D eigenvalue weighted by Gasteiger charge is -2.18. The number of halogens is 1. The smallest absolute Gasteiger partial charge is 0.216 e. The normalized spacial score (nSPS) is 14.2. The molecule has 1 rings (SSSR count).